The fourth-order valence-electron chi connectivity index (χ4n) is 1.92. The quantitative estimate of drug-likeness (QED) is 0.502. The van der Waals surface area contributed by atoms with Crippen LogP contribution in [0.4, 0.5) is 11.4 Å². The number of fused-ring (bicyclic) bond motifs is 1. The zero-order chi connectivity index (χ0) is 14.1. The van der Waals surface area contributed by atoms with Crippen molar-refractivity contribution >= 4 is 61.3 Å². The van der Waals surface area contributed by atoms with Crippen LogP contribution in [-0.2, 0) is 0 Å². The van der Waals surface area contributed by atoms with Crippen molar-refractivity contribution in [2.75, 3.05) is 11.1 Å². The predicted octanol–water partition coefficient (Wildman–Crippen LogP) is 4.34. The van der Waals surface area contributed by atoms with E-state index < -0.39 is 0 Å². The number of rotatable bonds is 2. The van der Waals surface area contributed by atoms with Gasteiger partial charge in [-0.3, -0.25) is 4.79 Å². The number of thiophene rings is 1. The van der Waals surface area contributed by atoms with Crippen LogP contribution in [0.25, 0.3) is 10.1 Å². The van der Waals surface area contributed by atoms with Gasteiger partial charge >= 0.3 is 0 Å². The molecule has 0 aliphatic heterocycles. The number of hydrogen-bond donors (Lipinski definition) is 2. The van der Waals surface area contributed by atoms with Crippen LogP contribution in [0.5, 0.6) is 0 Å². The molecular weight excluding hydrogens is 383 g/mol. The third-order valence-corrected chi connectivity index (χ3v) is 4.94. The second kappa shape index (κ2) is 5.41. The predicted molar refractivity (Wildman–Crippen MR) is 93.3 cm³/mol. The molecule has 3 rings (SSSR count). The van der Waals surface area contributed by atoms with E-state index in [9.17, 15) is 4.79 Å². The van der Waals surface area contributed by atoms with Crippen molar-refractivity contribution in [2.45, 2.75) is 0 Å². The number of amides is 1. The average Bonchev–Trinajstić information content (AvgIpc) is 2.84. The van der Waals surface area contributed by atoms with Gasteiger partial charge in [0.2, 0.25) is 0 Å². The minimum Gasteiger partial charge on any atom is -0.399 e. The second-order valence-electron chi connectivity index (χ2n) is 4.34. The number of hydrogen-bond acceptors (Lipinski definition) is 3. The molecule has 1 heterocycles. The number of nitrogen functional groups attached to an aromatic ring is 1. The molecule has 0 fully saturated rings. The molecule has 2 aromatic carbocycles. The Bertz CT molecular complexity index is 797. The normalized spacial score (nSPS) is 10.7. The molecule has 0 aliphatic rings. The zero-order valence-electron chi connectivity index (χ0n) is 10.4. The van der Waals surface area contributed by atoms with Crippen molar-refractivity contribution in [3.63, 3.8) is 0 Å². The third-order valence-electron chi connectivity index (χ3n) is 2.89. The lowest BCUT2D eigenvalue weighted by molar-refractivity contribution is 0.103. The molecule has 3 aromatic rings. The molecule has 0 spiro atoms. The number of halogens is 1. The number of benzene rings is 2. The maximum Gasteiger partial charge on any atom is 0.265 e. The monoisotopic (exact) mass is 394 g/mol. The van der Waals surface area contributed by atoms with Crippen LogP contribution in [0.15, 0.2) is 48.5 Å². The van der Waals surface area contributed by atoms with Gasteiger partial charge in [0.25, 0.3) is 5.91 Å². The Hall–Kier alpha value is -1.60. The van der Waals surface area contributed by atoms with Crippen molar-refractivity contribution in [3.8, 4) is 0 Å². The lowest BCUT2D eigenvalue weighted by Crippen LogP contribution is -2.10. The standard InChI is InChI=1S/C15H11IN2OS/c16-11-3-1-2-4-12(11)18-15(19)14-8-9-7-10(17)5-6-13(9)20-14/h1-8H,17H2,(H,18,19). The summed E-state index contributed by atoms with van der Waals surface area (Å²) < 4.78 is 2.08. The summed E-state index contributed by atoms with van der Waals surface area (Å²) in [7, 11) is 0. The Labute approximate surface area is 133 Å². The fourth-order valence-corrected chi connectivity index (χ4v) is 3.38. The van der Waals surface area contributed by atoms with E-state index in [4.69, 9.17) is 5.73 Å². The van der Waals surface area contributed by atoms with Gasteiger partial charge in [0.1, 0.15) is 0 Å². The summed E-state index contributed by atoms with van der Waals surface area (Å²) in [5, 5.41) is 3.94. The largest absolute Gasteiger partial charge is 0.399 e. The van der Waals surface area contributed by atoms with Crippen LogP contribution in [-0.4, -0.2) is 5.91 Å². The number of para-hydroxylation sites is 1. The molecule has 0 bridgehead atoms. The molecule has 3 nitrogen and oxygen atoms in total. The molecule has 0 radical (unpaired) electrons. The Morgan fingerprint density at radius 3 is 2.75 bits per heavy atom. The maximum atomic E-state index is 12.3. The Balaban J connectivity index is 1.91. The van der Waals surface area contributed by atoms with Crippen molar-refractivity contribution < 1.29 is 4.79 Å². The van der Waals surface area contributed by atoms with Gasteiger partial charge in [-0.1, -0.05) is 12.1 Å². The minimum atomic E-state index is -0.0890. The van der Waals surface area contributed by atoms with E-state index in [1.807, 2.05) is 48.5 Å². The summed E-state index contributed by atoms with van der Waals surface area (Å²) in [5.41, 5.74) is 7.29. The average molecular weight is 394 g/mol. The van der Waals surface area contributed by atoms with Crippen LogP contribution in [0.2, 0.25) is 0 Å². The Morgan fingerprint density at radius 1 is 1.15 bits per heavy atom. The first-order valence-electron chi connectivity index (χ1n) is 5.98. The van der Waals surface area contributed by atoms with Crippen molar-refractivity contribution in [2.24, 2.45) is 0 Å². The number of carbonyl (C=O) groups is 1. The molecule has 100 valence electrons. The van der Waals surface area contributed by atoms with Crippen LogP contribution >= 0.6 is 33.9 Å². The van der Waals surface area contributed by atoms with Crippen LogP contribution in [0.3, 0.4) is 0 Å². The zero-order valence-corrected chi connectivity index (χ0v) is 13.4. The summed E-state index contributed by atoms with van der Waals surface area (Å²) >= 11 is 3.67. The molecule has 20 heavy (non-hydrogen) atoms. The van der Waals surface area contributed by atoms with Gasteiger partial charge in [-0.25, -0.2) is 0 Å². The maximum absolute atomic E-state index is 12.3. The summed E-state index contributed by atoms with van der Waals surface area (Å²) in [4.78, 5) is 13.0. The van der Waals surface area contributed by atoms with E-state index in [0.29, 0.717) is 10.6 Å². The topological polar surface area (TPSA) is 55.1 Å². The second-order valence-corrected chi connectivity index (χ2v) is 6.59. The molecule has 0 atom stereocenters. The van der Waals surface area contributed by atoms with Gasteiger partial charge in [-0.2, -0.15) is 0 Å². The molecule has 3 N–H and O–H groups in total. The molecule has 0 aliphatic carbocycles. The van der Waals surface area contributed by atoms with E-state index in [-0.39, 0.29) is 5.91 Å². The van der Waals surface area contributed by atoms with Gasteiger partial charge < -0.3 is 11.1 Å². The highest BCUT2D eigenvalue weighted by atomic mass is 127. The van der Waals surface area contributed by atoms with Crippen LogP contribution in [0, 0.1) is 3.57 Å². The van der Waals surface area contributed by atoms with Gasteiger partial charge in [0.15, 0.2) is 0 Å². The Morgan fingerprint density at radius 2 is 1.95 bits per heavy atom. The van der Waals surface area contributed by atoms with Crippen LogP contribution in [0.1, 0.15) is 9.67 Å². The van der Waals surface area contributed by atoms with Gasteiger partial charge in [-0.05, 0) is 64.4 Å². The number of nitrogens with one attached hydrogen (secondary N) is 1. The molecule has 1 aromatic heterocycles. The lowest BCUT2D eigenvalue weighted by atomic mass is 10.2. The van der Waals surface area contributed by atoms with Gasteiger partial charge in [-0.15, -0.1) is 11.3 Å². The highest BCUT2D eigenvalue weighted by molar-refractivity contribution is 14.1. The first-order chi connectivity index (χ1) is 9.63. The van der Waals surface area contributed by atoms with E-state index >= 15 is 0 Å². The van der Waals surface area contributed by atoms with E-state index in [1.165, 1.54) is 11.3 Å². The van der Waals surface area contributed by atoms with Gasteiger partial charge in [0.05, 0.1) is 10.6 Å². The van der Waals surface area contributed by atoms with E-state index in [2.05, 4.69) is 27.9 Å². The number of carbonyl (C=O) groups excluding carboxylic acids is 1. The van der Waals surface area contributed by atoms with Crippen molar-refractivity contribution in [1.29, 1.82) is 0 Å². The third kappa shape index (κ3) is 2.64. The molecule has 5 heteroatoms. The smallest absolute Gasteiger partial charge is 0.265 e. The first kappa shape index (κ1) is 13.4. The lowest BCUT2D eigenvalue weighted by Gasteiger charge is -2.05. The highest BCUT2D eigenvalue weighted by Crippen LogP contribution is 2.28. The minimum absolute atomic E-state index is 0.0890. The molecule has 1 amide bonds. The molecule has 0 saturated carbocycles. The van der Waals surface area contributed by atoms with Crippen LogP contribution < -0.4 is 11.1 Å². The van der Waals surface area contributed by atoms with Gasteiger partial charge in [0, 0.05) is 14.0 Å². The van der Waals surface area contributed by atoms with Crippen molar-refractivity contribution in [3.05, 3.63) is 57.0 Å². The first-order valence-corrected chi connectivity index (χ1v) is 7.88. The molecular formula is C15H11IN2OS. The van der Waals surface area contributed by atoms with E-state index in [0.717, 1.165) is 19.3 Å². The molecule has 0 saturated heterocycles. The Kier molecular flexibility index (Phi) is 3.62. The number of anilines is 2. The summed E-state index contributed by atoms with van der Waals surface area (Å²) in [5.74, 6) is -0.0890. The fraction of sp³-hybridized carbons (Fsp3) is 0. The highest BCUT2D eigenvalue weighted by Gasteiger charge is 2.11. The molecule has 0 unspecified atom stereocenters. The van der Waals surface area contributed by atoms with E-state index in [1.54, 1.807) is 0 Å². The summed E-state index contributed by atoms with van der Waals surface area (Å²) in [6, 6.07) is 15.3. The summed E-state index contributed by atoms with van der Waals surface area (Å²) in [6.07, 6.45) is 0. The summed E-state index contributed by atoms with van der Waals surface area (Å²) in [6.45, 7) is 0. The number of nitrogens with two attached hydrogens (primary N) is 1. The van der Waals surface area contributed by atoms with Crippen molar-refractivity contribution in [1.82, 2.24) is 0 Å². The SMILES string of the molecule is Nc1ccc2sc(C(=O)Nc3ccccc3I)cc2c1.